The van der Waals surface area contributed by atoms with Crippen LogP contribution in [0.4, 0.5) is 0 Å². The van der Waals surface area contributed by atoms with Gasteiger partial charge in [-0.1, -0.05) is 18.7 Å². The van der Waals surface area contributed by atoms with Crippen LogP contribution < -0.4 is 0 Å². The summed E-state index contributed by atoms with van der Waals surface area (Å²) in [4.78, 5) is 18.6. The van der Waals surface area contributed by atoms with E-state index >= 15 is 0 Å². The summed E-state index contributed by atoms with van der Waals surface area (Å²) < 4.78 is 7.23. The van der Waals surface area contributed by atoms with Crippen molar-refractivity contribution in [2.45, 2.75) is 31.5 Å². The van der Waals surface area contributed by atoms with Crippen LogP contribution >= 0.6 is 11.8 Å². The number of thioether (sulfide) groups is 1. The Balaban J connectivity index is 1.70. The van der Waals surface area contributed by atoms with E-state index in [9.17, 15) is 4.79 Å². The number of amides is 1. The molecule has 26 heavy (non-hydrogen) atoms. The quantitative estimate of drug-likeness (QED) is 0.692. The van der Waals surface area contributed by atoms with Gasteiger partial charge in [0, 0.05) is 38.2 Å². The molecule has 0 saturated carbocycles. The number of hydrogen-bond acceptors (Lipinski definition) is 6. The molecule has 1 saturated heterocycles. The molecule has 2 aromatic heterocycles. The molecule has 3 rings (SSSR count). The Morgan fingerprint density at radius 1 is 1.35 bits per heavy atom. The molecule has 1 fully saturated rings. The summed E-state index contributed by atoms with van der Waals surface area (Å²) in [6, 6.07) is 3.81. The molecule has 7 nitrogen and oxygen atoms in total. The fourth-order valence-corrected chi connectivity index (χ4v) is 3.99. The first-order chi connectivity index (χ1) is 12.7. The fraction of sp³-hybridized carbons (Fsp3) is 0.556. The van der Waals surface area contributed by atoms with E-state index in [0.717, 1.165) is 36.1 Å². The molecule has 2 aromatic rings. The van der Waals surface area contributed by atoms with Gasteiger partial charge in [-0.15, -0.1) is 10.2 Å². The molecule has 1 amide bonds. The molecule has 3 heterocycles. The third kappa shape index (κ3) is 4.62. The van der Waals surface area contributed by atoms with Gasteiger partial charge in [0.1, 0.15) is 0 Å². The molecular weight excluding hydrogens is 350 g/mol. The maximum Gasteiger partial charge on any atom is 0.233 e. The van der Waals surface area contributed by atoms with E-state index in [0.29, 0.717) is 24.8 Å². The average molecular weight is 375 g/mol. The van der Waals surface area contributed by atoms with Crippen LogP contribution in [0.3, 0.4) is 0 Å². The van der Waals surface area contributed by atoms with E-state index in [1.165, 1.54) is 18.2 Å². The Bertz CT molecular complexity index is 722. The monoisotopic (exact) mass is 375 g/mol. The minimum atomic E-state index is 0.174. The lowest BCUT2D eigenvalue weighted by atomic mass is 10.0. The van der Waals surface area contributed by atoms with E-state index in [-0.39, 0.29) is 5.91 Å². The molecule has 0 radical (unpaired) electrons. The molecule has 1 atom stereocenters. The van der Waals surface area contributed by atoms with Crippen molar-refractivity contribution < 1.29 is 9.53 Å². The number of hydrogen-bond donors (Lipinski definition) is 0. The average Bonchev–Trinajstić information content (AvgIpc) is 3.07. The predicted molar refractivity (Wildman–Crippen MR) is 101 cm³/mol. The summed E-state index contributed by atoms with van der Waals surface area (Å²) in [6.07, 6.45) is 5.77. The molecule has 1 aliphatic heterocycles. The van der Waals surface area contributed by atoms with E-state index in [4.69, 9.17) is 4.74 Å². The highest BCUT2D eigenvalue weighted by molar-refractivity contribution is 7.99. The lowest BCUT2D eigenvalue weighted by Gasteiger charge is -2.30. The van der Waals surface area contributed by atoms with Gasteiger partial charge in [-0.05, 0) is 30.9 Å². The van der Waals surface area contributed by atoms with E-state index < -0.39 is 0 Å². The molecule has 0 aromatic carbocycles. The summed E-state index contributed by atoms with van der Waals surface area (Å²) in [5, 5.41) is 9.38. The number of aromatic nitrogens is 4. The van der Waals surface area contributed by atoms with E-state index in [1.54, 1.807) is 19.5 Å². The highest BCUT2D eigenvalue weighted by atomic mass is 32.2. The lowest BCUT2D eigenvalue weighted by Crippen LogP contribution is -2.40. The van der Waals surface area contributed by atoms with Crippen molar-refractivity contribution in [2.75, 3.05) is 32.6 Å². The van der Waals surface area contributed by atoms with Crippen LogP contribution in [0, 0.1) is 5.92 Å². The van der Waals surface area contributed by atoms with Gasteiger partial charge in [0.2, 0.25) is 5.91 Å². The molecule has 0 N–H and O–H groups in total. The SMILES string of the molecule is COCCn1c(SCC(=O)N2CCCC(C)C2)nnc1-c1ccncc1. The molecule has 0 spiro atoms. The second-order valence-corrected chi connectivity index (χ2v) is 7.50. The zero-order chi connectivity index (χ0) is 18.4. The zero-order valence-electron chi connectivity index (χ0n) is 15.3. The van der Waals surface area contributed by atoms with Gasteiger partial charge in [-0.3, -0.25) is 14.3 Å². The topological polar surface area (TPSA) is 73.1 Å². The van der Waals surface area contributed by atoms with Crippen LogP contribution in [-0.2, 0) is 16.1 Å². The third-order valence-corrected chi connectivity index (χ3v) is 5.46. The number of carbonyl (C=O) groups is 1. The lowest BCUT2D eigenvalue weighted by molar-refractivity contribution is -0.130. The van der Waals surface area contributed by atoms with Gasteiger partial charge < -0.3 is 9.64 Å². The molecule has 1 aliphatic rings. The van der Waals surface area contributed by atoms with Crippen LogP contribution in [0.5, 0.6) is 0 Å². The first kappa shape index (κ1) is 18.8. The second-order valence-electron chi connectivity index (χ2n) is 6.56. The van der Waals surface area contributed by atoms with Crippen LogP contribution in [0.15, 0.2) is 29.7 Å². The van der Waals surface area contributed by atoms with Crippen molar-refractivity contribution in [2.24, 2.45) is 5.92 Å². The summed E-state index contributed by atoms with van der Waals surface area (Å²) in [5.74, 6) is 1.91. The van der Waals surface area contributed by atoms with Crippen molar-refractivity contribution >= 4 is 17.7 Å². The number of rotatable bonds is 7. The van der Waals surface area contributed by atoms with Crippen molar-refractivity contribution in [1.82, 2.24) is 24.6 Å². The number of ether oxygens (including phenoxy) is 1. The van der Waals surface area contributed by atoms with Crippen molar-refractivity contribution in [3.8, 4) is 11.4 Å². The van der Waals surface area contributed by atoms with Gasteiger partial charge >= 0.3 is 0 Å². The highest BCUT2D eigenvalue weighted by Gasteiger charge is 2.22. The first-order valence-electron chi connectivity index (χ1n) is 8.92. The molecule has 140 valence electrons. The molecule has 0 aliphatic carbocycles. The molecule has 8 heteroatoms. The molecular formula is C18H25N5O2S. The molecule has 0 bridgehead atoms. The fourth-order valence-electron chi connectivity index (χ4n) is 3.13. The summed E-state index contributed by atoms with van der Waals surface area (Å²) in [6.45, 7) is 5.12. The Morgan fingerprint density at radius 3 is 2.88 bits per heavy atom. The minimum absolute atomic E-state index is 0.174. The van der Waals surface area contributed by atoms with Gasteiger partial charge in [0.15, 0.2) is 11.0 Å². The standard InChI is InChI=1S/C18H25N5O2S/c1-14-4-3-9-22(12-14)16(24)13-26-18-21-20-17(23(18)10-11-25-2)15-5-7-19-8-6-15/h5-8,14H,3-4,9-13H2,1-2H3. The predicted octanol–water partition coefficient (Wildman–Crippen LogP) is 2.34. The number of likely N-dealkylation sites (tertiary alicyclic amines) is 1. The number of nitrogens with zero attached hydrogens (tertiary/aromatic N) is 5. The van der Waals surface area contributed by atoms with Gasteiger partial charge in [-0.25, -0.2) is 0 Å². The number of methoxy groups -OCH3 is 1. The zero-order valence-corrected chi connectivity index (χ0v) is 16.1. The van der Waals surface area contributed by atoms with Gasteiger partial charge in [0.25, 0.3) is 0 Å². The number of carbonyl (C=O) groups excluding carboxylic acids is 1. The Kier molecular flexibility index (Phi) is 6.62. The van der Waals surface area contributed by atoms with Crippen LogP contribution in [0.1, 0.15) is 19.8 Å². The number of piperidine rings is 1. The van der Waals surface area contributed by atoms with Gasteiger partial charge in [0.05, 0.1) is 18.9 Å². The van der Waals surface area contributed by atoms with Gasteiger partial charge in [-0.2, -0.15) is 0 Å². The summed E-state index contributed by atoms with van der Waals surface area (Å²) in [7, 11) is 1.67. The number of pyridine rings is 1. The normalized spacial score (nSPS) is 17.5. The summed E-state index contributed by atoms with van der Waals surface area (Å²) >= 11 is 1.44. The minimum Gasteiger partial charge on any atom is -0.383 e. The first-order valence-corrected chi connectivity index (χ1v) is 9.90. The highest BCUT2D eigenvalue weighted by Crippen LogP contribution is 2.24. The maximum atomic E-state index is 12.5. The van der Waals surface area contributed by atoms with Crippen LogP contribution in [-0.4, -0.2) is 63.1 Å². The summed E-state index contributed by atoms with van der Waals surface area (Å²) in [5.41, 5.74) is 0.951. The Labute approximate surface area is 158 Å². The Hall–Kier alpha value is -1.93. The van der Waals surface area contributed by atoms with Crippen molar-refractivity contribution in [3.05, 3.63) is 24.5 Å². The third-order valence-electron chi connectivity index (χ3n) is 4.51. The van der Waals surface area contributed by atoms with Crippen LogP contribution in [0.2, 0.25) is 0 Å². The van der Waals surface area contributed by atoms with E-state index in [1.807, 2.05) is 21.6 Å². The largest absolute Gasteiger partial charge is 0.383 e. The molecule has 1 unspecified atom stereocenters. The van der Waals surface area contributed by atoms with Crippen LogP contribution in [0.25, 0.3) is 11.4 Å². The maximum absolute atomic E-state index is 12.5. The van der Waals surface area contributed by atoms with E-state index in [2.05, 4.69) is 22.1 Å². The van der Waals surface area contributed by atoms with Crippen molar-refractivity contribution in [3.63, 3.8) is 0 Å². The smallest absolute Gasteiger partial charge is 0.233 e. The Morgan fingerprint density at radius 2 is 2.15 bits per heavy atom. The second kappa shape index (κ2) is 9.14. The van der Waals surface area contributed by atoms with Crippen molar-refractivity contribution in [1.29, 1.82) is 0 Å².